The Hall–Kier alpha value is -1.32. The summed E-state index contributed by atoms with van der Waals surface area (Å²) in [5.74, 6) is 0.971. The molecule has 2 nitrogen and oxygen atoms in total. The Morgan fingerprint density at radius 1 is 1.35 bits per heavy atom. The highest BCUT2D eigenvalue weighted by Gasteiger charge is 2.17. The van der Waals surface area contributed by atoms with Crippen LogP contribution in [0.15, 0.2) is 34.7 Å². The fourth-order valence-corrected chi connectivity index (χ4v) is 1.91. The fourth-order valence-electron chi connectivity index (χ4n) is 1.67. The quantitative estimate of drug-likeness (QED) is 0.906. The van der Waals surface area contributed by atoms with Crippen LogP contribution in [0.2, 0.25) is 5.02 Å². The topological polar surface area (TPSA) is 39.2 Å². The van der Waals surface area contributed by atoms with Gasteiger partial charge in [0.2, 0.25) is 0 Å². The van der Waals surface area contributed by atoms with Gasteiger partial charge in [0.1, 0.15) is 17.3 Å². The van der Waals surface area contributed by atoms with E-state index in [-0.39, 0.29) is 5.02 Å². The molecule has 17 heavy (non-hydrogen) atoms. The van der Waals surface area contributed by atoms with Crippen molar-refractivity contribution in [3.05, 3.63) is 58.3 Å². The van der Waals surface area contributed by atoms with Gasteiger partial charge in [-0.05, 0) is 23.8 Å². The number of nitrogens with two attached hydrogens (primary N) is 1. The maximum atomic E-state index is 13.3. The third-order valence-corrected chi connectivity index (χ3v) is 3.05. The lowest BCUT2D eigenvalue weighted by atomic mass is 10.1. The second kappa shape index (κ2) is 4.90. The van der Waals surface area contributed by atoms with Crippen LogP contribution in [0.4, 0.5) is 4.39 Å². The highest BCUT2D eigenvalue weighted by molar-refractivity contribution is 6.31. The number of hydrogen-bond donors (Lipinski definition) is 1. The second-order valence-corrected chi connectivity index (χ2v) is 4.16. The summed E-state index contributed by atoms with van der Waals surface area (Å²) in [7, 11) is 0. The smallest absolute Gasteiger partial charge is 0.142 e. The predicted octanol–water partition coefficient (Wildman–Crippen LogP) is 3.68. The summed E-state index contributed by atoms with van der Waals surface area (Å²) in [6.45, 7) is 1.99. The monoisotopic (exact) mass is 253 g/mol. The van der Waals surface area contributed by atoms with Gasteiger partial charge < -0.3 is 10.2 Å². The molecule has 1 heterocycles. The van der Waals surface area contributed by atoms with E-state index >= 15 is 0 Å². The molecule has 90 valence electrons. The molecule has 0 fully saturated rings. The third-order valence-electron chi connectivity index (χ3n) is 2.65. The average molecular weight is 254 g/mol. The van der Waals surface area contributed by atoms with Gasteiger partial charge in [0, 0.05) is 6.42 Å². The minimum Gasteiger partial charge on any atom is -0.464 e. The molecule has 1 unspecified atom stereocenters. The number of halogens is 2. The first-order valence-electron chi connectivity index (χ1n) is 5.41. The first-order valence-corrected chi connectivity index (χ1v) is 5.79. The molecular formula is C13H13ClFNO. The molecule has 0 radical (unpaired) electrons. The molecule has 0 aliphatic rings. The molecule has 1 atom stereocenters. The van der Waals surface area contributed by atoms with Gasteiger partial charge >= 0.3 is 0 Å². The molecule has 1 aromatic heterocycles. The number of furan rings is 1. The zero-order valence-electron chi connectivity index (χ0n) is 9.41. The Kier molecular flexibility index (Phi) is 3.50. The van der Waals surface area contributed by atoms with Gasteiger partial charge in [0.25, 0.3) is 0 Å². The van der Waals surface area contributed by atoms with E-state index in [0.29, 0.717) is 11.3 Å². The molecule has 2 rings (SSSR count). The van der Waals surface area contributed by atoms with E-state index in [1.54, 1.807) is 18.2 Å². The lowest BCUT2D eigenvalue weighted by Gasteiger charge is -2.11. The molecule has 2 aromatic rings. The zero-order valence-corrected chi connectivity index (χ0v) is 10.2. The molecule has 0 spiro atoms. The van der Waals surface area contributed by atoms with Crippen molar-refractivity contribution in [3.8, 4) is 0 Å². The van der Waals surface area contributed by atoms with Gasteiger partial charge in [0.05, 0.1) is 11.1 Å². The van der Waals surface area contributed by atoms with Gasteiger partial charge in [-0.15, -0.1) is 0 Å². The molecule has 2 N–H and O–H groups in total. The van der Waals surface area contributed by atoms with Gasteiger partial charge in [0.15, 0.2) is 0 Å². The molecule has 0 aliphatic carbocycles. The number of rotatable bonds is 3. The predicted molar refractivity (Wildman–Crippen MR) is 65.5 cm³/mol. The molecule has 0 amide bonds. The van der Waals surface area contributed by atoms with Crippen LogP contribution >= 0.6 is 11.6 Å². The lowest BCUT2D eigenvalue weighted by Crippen LogP contribution is -2.12. The van der Waals surface area contributed by atoms with Crippen molar-refractivity contribution < 1.29 is 8.81 Å². The van der Waals surface area contributed by atoms with Crippen LogP contribution in [0.25, 0.3) is 0 Å². The Morgan fingerprint density at radius 3 is 2.76 bits per heavy atom. The van der Waals surface area contributed by atoms with E-state index in [0.717, 1.165) is 12.2 Å². The van der Waals surface area contributed by atoms with Crippen molar-refractivity contribution in [2.24, 2.45) is 5.73 Å². The molecule has 0 saturated carbocycles. The van der Waals surface area contributed by atoms with E-state index in [2.05, 4.69) is 0 Å². The fraction of sp³-hybridized carbons (Fsp3) is 0.231. The maximum Gasteiger partial charge on any atom is 0.142 e. The molecule has 0 aliphatic heterocycles. The molecular weight excluding hydrogens is 241 g/mol. The largest absolute Gasteiger partial charge is 0.464 e. The van der Waals surface area contributed by atoms with Crippen LogP contribution < -0.4 is 5.73 Å². The Labute approximate surface area is 104 Å². The molecule has 4 heteroatoms. The average Bonchev–Trinajstić information content (AvgIpc) is 2.80. The number of hydrogen-bond acceptors (Lipinski definition) is 2. The summed E-state index contributed by atoms with van der Waals surface area (Å²) < 4.78 is 18.8. The van der Waals surface area contributed by atoms with E-state index in [1.807, 2.05) is 13.0 Å². The standard InChI is InChI=1S/C13H13ClFNO/c1-2-8-6-7-11(17-8)13(16)9-4-3-5-10(15)12(9)14/h3-7,13H,2,16H2,1H3. The van der Waals surface area contributed by atoms with E-state index < -0.39 is 11.9 Å². The summed E-state index contributed by atoms with van der Waals surface area (Å²) >= 11 is 5.88. The maximum absolute atomic E-state index is 13.3. The second-order valence-electron chi connectivity index (χ2n) is 3.78. The first-order chi connectivity index (χ1) is 8.13. The third kappa shape index (κ3) is 2.35. The minimum absolute atomic E-state index is 0.0504. The molecule has 1 aromatic carbocycles. The summed E-state index contributed by atoms with van der Waals surface area (Å²) in [5.41, 5.74) is 6.54. The Balaban J connectivity index is 2.36. The van der Waals surface area contributed by atoms with Gasteiger partial charge in [-0.3, -0.25) is 0 Å². The van der Waals surface area contributed by atoms with Crippen LogP contribution in [0.1, 0.15) is 30.0 Å². The highest BCUT2D eigenvalue weighted by atomic mass is 35.5. The Morgan fingerprint density at radius 2 is 2.12 bits per heavy atom. The van der Waals surface area contributed by atoms with Crippen LogP contribution in [-0.2, 0) is 6.42 Å². The van der Waals surface area contributed by atoms with Crippen LogP contribution in [0.5, 0.6) is 0 Å². The number of benzene rings is 1. The minimum atomic E-state index is -0.543. The van der Waals surface area contributed by atoms with Crippen molar-refractivity contribution in [2.45, 2.75) is 19.4 Å². The van der Waals surface area contributed by atoms with Crippen molar-refractivity contribution in [1.82, 2.24) is 0 Å². The van der Waals surface area contributed by atoms with E-state index in [1.165, 1.54) is 6.07 Å². The number of aryl methyl sites for hydroxylation is 1. The summed E-state index contributed by atoms with van der Waals surface area (Å²) in [6, 6.07) is 7.70. The Bertz CT molecular complexity index is 524. The van der Waals surface area contributed by atoms with Gasteiger partial charge in [-0.1, -0.05) is 30.7 Å². The lowest BCUT2D eigenvalue weighted by molar-refractivity contribution is 0.453. The van der Waals surface area contributed by atoms with E-state index in [9.17, 15) is 4.39 Å². The van der Waals surface area contributed by atoms with Gasteiger partial charge in [-0.2, -0.15) is 0 Å². The SMILES string of the molecule is CCc1ccc(C(N)c2cccc(F)c2Cl)o1. The van der Waals surface area contributed by atoms with Gasteiger partial charge in [-0.25, -0.2) is 4.39 Å². The highest BCUT2D eigenvalue weighted by Crippen LogP contribution is 2.29. The van der Waals surface area contributed by atoms with Crippen LogP contribution in [0, 0.1) is 5.82 Å². The van der Waals surface area contributed by atoms with E-state index in [4.69, 9.17) is 21.8 Å². The van der Waals surface area contributed by atoms with Crippen LogP contribution in [0.3, 0.4) is 0 Å². The van der Waals surface area contributed by atoms with Crippen molar-refractivity contribution >= 4 is 11.6 Å². The molecule has 0 saturated heterocycles. The normalized spacial score (nSPS) is 12.7. The van der Waals surface area contributed by atoms with Crippen molar-refractivity contribution in [2.75, 3.05) is 0 Å². The zero-order chi connectivity index (χ0) is 12.4. The van der Waals surface area contributed by atoms with Crippen LogP contribution in [-0.4, -0.2) is 0 Å². The summed E-state index contributed by atoms with van der Waals surface area (Å²) in [6.07, 6.45) is 0.795. The van der Waals surface area contributed by atoms with Crippen molar-refractivity contribution in [3.63, 3.8) is 0 Å². The first kappa shape index (κ1) is 12.1. The summed E-state index contributed by atoms with van der Waals surface area (Å²) in [4.78, 5) is 0. The molecule has 0 bridgehead atoms. The summed E-state index contributed by atoms with van der Waals surface area (Å²) in [5, 5.41) is 0.0504. The van der Waals surface area contributed by atoms with Crippen molar-refractivity contribution in [1.29, 1.82) is 0 Å².